The van der Waals surface area contributed by atoms with Crippen LogP contribution in [0.1, 0.15) is 55.5 Å². The maximum Gasteiger partial charge on any atom is 0.314 e. The molecule has 0 spiro atoms. The molecule has 0 bridgehead atoms. The van der Waals surface area contributed by atoms with Crippen molar-refractivity contribution in [3.63, 3.8) is 0 Å². The van der Waals surface area contributed by atoms with Crippen molar-refractivity contribution in [2.75, 3.05) is 39.3 Å². The second-order valence-electron chi connectivity index (χ2n) is 9.90. The number of pyridine rings is 1. The Bertz CT molecular complexity index is 1100. The van der Waals surface area contributed by atoms with Crippen LogP contribution in [-0.2, 0) is 11.2 Å². The van der Waals surface area contributed by atoms with Crippen LogP contribution in [0.15, 0.2) is 39.4 Å². The Morgan fingerprint density at radius 2 is 1.78 bits per heavy atom. The molecule has 7 nitrogen and oxygen atoms in total. The molecule has 10 heteroatoms. The fourth-order valence-corrected chi connectivity index (χ4v) is 6.78. The summed E-state index contributed by atoms with van der Waals surface area (Å²) in [4.78, 5) is 35.4. The summed E-state index contributed by atoms with van der Waals surface area (Å²) in [6.45, 7) is 6.33. The summed E-state index contributed by atoms with van der Waals surface area (Å²) in [6, 6.07) is 7.72. The molecule has 2 aliphatic rings. The first-order valence-corrected chi connectivity index (χ1v) is 14.9. The molecule has 1 aromatic heterocycles. The molecule has 3 amide bonds. The molecule has 1 unspecified atom stereocenters. The van der Waals surface area contributed by atoms with E-state index in [0.717, 1.165) is 58.4 Å². The molecule has 3 heterocycles. The van der Waals surface area contributed by atoms with Crippen LogP contribution >= 0.6 is 43.5 Å². The van der Waals surface area contributed by atoms with Crippen molar-refractivity contribution in [3.8, 4) is 0 Å². The number of aryl methyl sites for hydroxylation is 1. The molecule has 1 atom stereocenters. The monoisotopic (exact) mass is 653 g/mol. The number of nitrogens with two attached hydrogens (primary N) is 1. The topological polar surface area (TPSA) is 82.8 Å². The summed E-state index contributed by atoms with van der Waals surface area (Å²) in [5, 5.41) is 0.721. The lowest BCUT2D eigenvalue weighted by Crippen LogP contribution is -2.50. The minimum Gasteiger partial charge on any atom is -0.351 e. The molecule has 2 fully saturated rings. The van der Waals surface area contributed by atoms with E-state index in [4.69, 9.17) is 22.3 Å². The maximum atomic E-state index is 13.1. The Kier molecular flexibility index (Phi) is 9.89. The van der Waals surface area contributed by atoms with Gasteiger partial charge in [0.05, 0.1) is 11.7 Å². The normalized spacial score (nSPS) is 18.2. The number of nitrogens with zero attached hydrogens (tertiary/aromatic N) is 4. The number of hydrogen-bond donors (Lipinski definition) is 1. The van der Waals surface area contributed by atoms with Crippen molar-refractivity contribution in [1.82, 2.24) is 19.7 Å². The van der Waals surface area contributed by atoms with Crippen molar-refractivity contribution in [2.45, 2.75) is 45.1 Å². The second kappa shape index (κ2) is 12.9. The summed E-state index contributed by atoms with van der Waals surface area (Å²) in [5.74, 6) is 0.511. The van der Waals surface area contributed by atoms with E-state index in [9.17, 15) is 9.59 Å². The zero-order valence-electron chi connectivity index (χ0n) is 21.1. The van der Waals surface area contributed by atoms with E-state index >= 15 is 0 Å². The van der Waals surface area contributed by atoms with Gasteiger partial charge in [-0.2, -0.15) is 0 Å². The van der Waals surface area contributed by atoms with Gasteiger partial charge in [0.25, 0.3) is 0 Å². The third kappa shape index (κ3) is 7.05. The molecule has 2 saturated heterocycles. The van der Waals surface area contributed by atoms with E-state index in [1.54, 1.807) is 4.90 Å². The third-order valence-electron chi connectivity index (χ3n) is 7.42. The molecule has 200 valence electrons. The molecule has 2 N–H and O–H groups in total. The first kappa shape index (κ1) is 28.3. The summed E-state index contributed by atoms with van der Waals surface area (Å²) in [6.07, 6.45) is 5.98. The number of halogens is 3. The zero-order valence-corrected chi connectivity index (χ0v) is 25.1. The van der Waals surface area contributed by atoms with Gasteiger partial charge in [0, 0.05) is 65.9 Å². The Labute approximate surface area is 241 Å². The van der Waals surface area contributed by atoms with E-state index in [1.807, 2.05) is 23.2 Å². The highest BCUT2D eigenvalue weighted by Gasteiger charge is 2.33. The van der Waals surface area contributed by atoms with Crippen molar-refractivity contribution in [1.29, 1.82) is 0 Å². The molecule has 4 rings (SSSR count). The van der Waals surface area contributed by atoms with Crippen LogP contribution in [0.25, 0.3) is 0 Å². The number of piperazine rings is 1. The Balaban J connectivity index is 1.49. The number of benzene rings is 1. The SMILES string of the molecule is CCCc1cc(Cl)cc(Br)c1C(c1ccc(Br)cn1)N1CCN(C(=O)CC2CCN(C(N)=O)CC2)CC1. The lowest BCUT2D eigenvalue weighted by molar-refractivity contribution is -0.134. The van der Waals surface area contributed by atoms with Gasteiger partial charge in [0.1, 0.15) is 0 Å². The van der Waals surface area contributed by atoms with Crippen LogP contribution in [0.4, 0.5) is 4.79 Å². The molecular weight excluding hydrogens is 622 g/mol. The number of primary amides is 1. The van der Waals surface area contributed by atoms with Gasteiger partial charge in [-0.05, 0) is 76.5 Å². The number of amides is 3. The predicted octanol–water partition coefficient (Wildman–Crippen LogP) is 5.63. The predicted molar refractivity (Wildman–Crippen MR) is 154 cm³/mol. The molecular formula is C27H34Br2ClN5O2. The van der Waals surface area contributed by atoms with Crippen LogP contribution in [0.3, 0.4) is 0 Å². The maximum absolute atomic E-state index is 13.1. The number of hydrogen-bond acceptors (Lipinski definition) is 4. The summed E-state index contributed by atoms with van der Waals surface area (Å²) in [7, 11) is 0. The average molecular weight is 656 g/mol. The van der Waals surface area contributed by atoms with Crippen LogP contribution in [-0.4, -0.2) is 70.9 Å². The van der Waals surface area contributed by atoms with Crippen LogP contribution < -0.4 is 5.73 Å². The minimum atomic E-state index is -0.370. The van der Waals surface area contributed by atoms with E-state index in [-0.39, 0.29) is 18.0 Å². The highest BCUT2D eigenvalue weighted by molar-refractivity contribution is 9.10. The van der Waals surface area contributed by atoms with Crippen molar-refractivity contribution < 1.29 is 9.59 Å². The number of carbonyl (C=O) groups excluding carboxylic acids is 2. The third-order valence-corrected chi connectivity index (χ3v) is 8.77. The van der Waals surface area contributed by atoms with Gasteiger partial charge in [-0.1, -0.05) is 40.9 Å². The van der Waals surface area contributed by atoms with Crippen LogP contribution in [0.5, 0.6) is 0 Å². The van der Waals surface area contributed by atoms with Gasteiger partial charge in [0.2, 0.25) is 5.91 Å². The van der Waals surface area contributed by atoms with Gasteiger partial charge in [-0.25, -0.2) is 4.79 Å². The van der Waals surface area contributed by atoms with E-state index in [1.165, 1.54) is 11.1 Å². The fourth-order valence-electron chi connectivity index (χ4n) is 5.45. The Morgan fingerprint density at radius 3 is 2.38 bits per heavy atom. The number of likely N-dealkylation sites (tertiary alicyclic amines) is 1. The standard InChI is InChI=1S/C27H34Br2ClN5O2/c1-2-3-19-15-21(30)16-22(29)25(19)26(23-5-4-20(28)17-32-23)34-12-10-33(11-13-34)24(36)14-18-6-8-35(9-7-18)27(31)37/h4-5,15-18,26H,2-3,6-14H2,1H3,(H2,31,37). The first-order chi connectivity index (χ1) is 17.8. The molecule has 2 aromatic rings. The highest BCUT2D eigenvalue weighted by Crippen LogP contribution is 2.38. The van der Waals surface area contributed by atoms with E-state index in [2.05, 4.69) is 55.8 Å². The summed E-state index contributed by atoms with van der Waals surface area (Å²) >= 11 is 13.8. The molecule has 2 aliphatic heterocycles. The number of urea groups is 1. The van der Waals surface area contributed by atoms with Crippen molar-refractivity contribution >= 4 is 55.4 Å². The minimum absolute atomic E-state index is 0.0447. The zero-order chi connectivity index (χ0) is 26.5. The van der Waals surface area contributed by atoms with E-state index in [0.29, 0.717) is 38.5 Å². The fraction of sp³-hybridized carbons (Fsp3) is 0.519. The van der Waals surface area contributed by atoms with Crippen LogP contribution in [0, 0.1) is 5.92 Å². The molecule has 0 saturated carbocycles. The van der Waals surface area contributed by atoms with E-state index < -0.39 is 0 Å². The number of piperidine rings is 1. The highest BCUT2D eigenvalue weighted by atomic mass is 79.9. The Hall–Kier alpha value is -1.68. The van der Waals surface area contributed by atoms with Crippen molar-refractivity contribution in [2.24, 2.45) is 11.7 Å². The first-order valence-electron chi connectivity index (χ1n) is 12.9. The van der Waals surface area contributed by atoms with Crippen LogP contribution in [0.2, 0.25) is 5.02 Å². The number of rotatable bonds is 7. The molecule has 37 heavy (non-hydrogen) atoms. The van der Waals surface area contributed by atoms with Gasteiger partial charge in [-0.3, -0.25) is 14.7 Å². The lowest BCUT2D eigenvalue weighted by atomic mass is 9.92. The lowest BCUT2D eigenvalue weighted by Gasteiger charge is -2.41. The van der Waals surface area contributed by atoms with Gasteiger partial charge in [-0.15, -0.1) is 0 Å². The average Bonchev–Trinajstić information content (AvgIpc) is 2.87. The van der Waals surface area contributed by atoms with Gasteiger partial charge in [0.15, 0.2) is 0 Å². The van der Waals surface area contributed by atoms with Gasteiger partial charge >= 0.3 is 6.03 Å². The molecule has 0 aliphatic carbocycles. The summed E-state index contributed by atoms with van der Waals surface area (Å²) < 4.78 is 1.93. The largest absolute Gasteiger partial charge is 0.351 e. The summed E-state index contributed by atoms with van der Waals surface area (Å²) in [5.41, 5.74) is 8.79. The Morgan fingerprint density at radius 1 is 1.08 bits per heavy atom. The quantitative estimate of drug-likeness (QED) is 0.420. The van der Waals surface area contributed by atoms with Crippen molar-refractivity contribution in [3.05, 3.63) is 61.3 Å². The number of aromatic nitrogens is 1. The molecule has 1 aromatic carbocycles. The van der Waals surface area contributed by atoms with Gasteiger partial charge < -0.3 is 15.5 Å². The second-order valence-corrected chi connectivity index (χ2v) is 12.1. The number of carbonyl (C=O) groups is 2. The molecule has 0 radical (unpaired) electrons. The smallest absolute Gasteiger partial charge is 0.314 e.